The molecule has 2 aromatic rings. The molecule has 0 bridgehead atoms. The maximum Gasteiger partial charge on any atom is 0.0729 e. The predicted octanol–water partition coefficient (Wildman–Crippen LogP) is 3.90. The second-order valence-electron chi connectivity index (χ2n) is 4.97. The lowest BCUT2D eigenvalue weighted by atomic mass is 10.0. The van der Waals surface area contributed by atoms with Crippen molar-refractivity contribution in [1.29, 1.82) is 0 Å². The third-order valence-electron chi connectivity index (χ3n) is 3.71. The van der Waals surface area contributed by atoms with Crippen LogP contribution in [-0.2, 0) is 0 Å². The van der Waals surface area contributed by atoms with E-state index in [1.807, 2.05) is 12.3 Å². The number of rotatable bonds is 1. The lowest BCUT2D eigenvalue weighted by Gasteiger charge is -2.28. The predicted molar refractivity (Wildman–Crippen MR) is 82.8 cm³/mol. The Hall–Kier alpha value is -2.61. The molecule has 3 heterocycles. The maximum absolute atomic E-state index is 4.63. The highest BCUT2D eigenvalue weighted by molar-refractivity contribution is 5.88. The number of hydrogen-bond acceptors (Lipinski definition) is 2. The van der Waals surface area contributed by atoms with E-state index in [4.69, 9.17) is 0 Å². The molecule has 0 atom stereocenters. The van der Waals surface area contributed by atoms with Gasteiger partial charge in [-0.15, -0.1) is 0 Å². The molecule has 0 saturated heterocycles. The third-order valence-corrected chi connectivity index (χ3v) is 3.71. The number of nitrogens with zero attached hydrogens (tertiary/aromatic N) is 2. The van der Waals surface area contributed by atoms with Crippen molar-refractivity contribution >= 4 is 16.3 Å². The smallest absolute Gasteiger partial charge is 0.0729 e. The van der Waals surface area contributed by atoms with Crippen molar-refractivity contribution in [2.45, 2.75) is 0 Å². The fourth-order valence-corrected chi connectivity index (χ4v) is 2.69. The second-order valence-corrected chi connectivity index (χ2v) is 4.97. The molecule has 1 aromatic carbocycles. The summed E-state index contributed by atoms with van der Waals surface area (Å²) in [7, 11) is 0. The monoisotopic (exact) mass is 258 g/mol. The van der Waals surface area contributed by atoms with Crippen molar-refractivity contribution in [3.63, 3.8) is 0 Å². The van der Waals surface area contributed by atoms with Gasteiger partial charge in [0, 0.05) is 29.9 Å². The number of pyridine rings is 1. The molecular weight excluding hydrogens is 244 g/mol. The van der Waals surface area contributed by atoms with Gasteiger partial charge in [-0.3, -0.25) is 4.98 Å². The Bertz CT molecular complexity index is 794. The van der Waals surface area contributed by atoms with Crippen LogP contribution in [0.25, 0.3) is 16.3 Å². The van der Waals surface area contributed by atoms with Gasteiger partial charge in [0.25, 0.3) is 0 Å². The minimum absolute atomic E-state index is 0.924. The molecular formula is C18H14N2. The normalized spacial score (nSPS) is 16.9. The van der Waals surface area contributed by atoms with Crippen LogP contribution >= 0.6 is 0 Å². The molecule has 20 heavy (non-hydrogen) atoms. The van der Waals surface area contributed by atoms with Crippen LogP contribution in [-0.4, -0.2) is 16.4 Å². The third kappa shape index (κ3) is 1.77. The number of allylic oxidation sites excluding steroid dienone is 5. The van der Waals surface area contributed by atoms with Gasteiger partial charge in [-0.25, -0.2) is 0 Å². The Kier molecular flexibility index (Phi) is 2.52. The molecule has 2 heteroatoms. The summed E-state index contributed by atoms with van der Waals surface area (Å²) in [5.74, 6) is 0. The van der Waals surface area contributed by atoms with Crippen molar-refractivity contribution in [3.8, 4) is 0 Å². The minimum atomic E-state index is 0.924. The van der Waals surface area contributed by atoms with Gasteiger partial charge in [0.15, 0.2) is 0 Å². The average Bonchev–Trinajstić information content (AvgIpc) is 2.54. The number of fused-ring (bicyclic) bond motifs is 2. The van der Waals surface area contributed by atoms with Crippen LogP contribution in [0.15, 0.2) is 78.8 Å². The molecule has 4 rings (SSSR count). The van der Waals surface area contributed by atoms with E-state index in [1.54, 1.807) is 0 Å². The molecule has 0 spiro atoms. The summed E-state index contributed by atoms with van der Waals surface area (Å²) in [6, 6.07) is 10.5. The molecule has 0 fully saturated rings. The first-order valence-electron chi connectivity index (χ1n) is 6.79. The van der Waals surface area contributed by atoms with Crippen molar-refractivity contribution < 1.29 is 0 Å². The molecule has 2 nitrogen and oxygen atoms in total. The Balaban J connectivity index is 1.85. The molecule has 0 N–H and O–H groups in total. The highest BCUT2D eigenvalue weighted by Crippen LogP contribution is 2.31. The molecule has 0 unspecified atom stereocenters. The Morgan fingerprint density at radius 2 is 1.90 bits per heavy atom. The van der Waals surface area contributed by atoms with Crippen LogP contribution in [0, 0.1) is 0 Å². The van der Waals surface area contributed by atoms with Crippen LogP contribution < -0.4 is 0 Å². The topological polar surface area (TPSA) is 16.1 Å². The van der Waals surface area contributed by atoms with E-state index in [9.17, 15) is 0 Å². The SMILES string of the molecule is C1=CCN2C=CC=C(c3cc4ccccc4cn3)C2=C1. The zero-order valence-corrected chi connectivity index (χ0v) is 11.0. The summed E-state index contributed by atoms with van der Waals surface area (Å²) in [6.07, 6.45) is 14.7. The summed E-state index contributed by atoms with van der Waals surface area (Å²) in [5.41, 5.74) is 3.43. The lowest BCUT2D eigenvalue weighted by molar-refractivity contribution is 0.528. The number of aromatic nitrogens is 1. The maximum atomic E-state index is 4.63. The average molecular weight is 258 g/mol. The summed E-state index contributed by atoms with van der Waals surface area (Å²) in [6.45, 7) is 0.924. The van der Waals surface area contributed by atoms with Gasteiger partial charge in [0.1, 0.15) is 0 Å². The largest absolute Gasteiger partial charge is 0.344 e. The van der Waals surface area contributed by atoms with E-state index in [0.717, 1.165) is 12.2 Å². The Morgan fingerprint density at radius 1 is 1.00 bits per heavy atom. The highest BCUT2D eigenvalue weighted by atomic mass is 15.1. The van der Waals surface area contributed by atoms with Gasteiger partial charge in [0.2, 0.25) is 0 Å². The molecule has 0 aliphatic carbocycles. The number of hydrogen-bond donors (Lipinski definition) is 0. The quantitative estimate of drug-likeness (QED) is 0.771. The summed E-state index contributed by atoms with van der Waals surface area (Å²) >= 11 is 0. The zero-order chi connectivity index (χ0) is 13.4. The molecule has 2 aliphatic rings. The summed E-state index contributed by atoms with van der Waals surface area (Å²) in [4.78, 5) is 6.87. The lowest BCUT2D eigenvalue weighted by Crippen LogP contribution is -2.21. The first-order chi connectivity index (χ1) is 9.92. The van der Waals surface area contributed by atoms with Gasteiger partial charge in [-0.1, -0.05) is 36.4 Å². The fourth-order valence-electron chi connectivity index (χ4n) is 2.69. The van der Waals surface area contributed by atoms with Crippen LogP contribution in [0.2, 0.25) is 0 Å². The highest BCUT2D eigenvalue weighted by Gasteiger charge is 2.18. The van der Waals surface area contributed by atoms with Gasteiger partial charge in [0.05, 0.1) is 11.4 Å². The molecule has 0 radical (unpaired) electrons. The molecule has 0 amide bonds. The summed E-state index contributed by atoms with van der Waals surface area (Å²) in [5, 5.41) is 2.41. The minimum Gasteiger partial charge on any atom is -0.344 e. The van der Waals surface area contributed by atoms with E-state index < -0.39 is 0 Å². The molecule has 96 valence electrons. The van der Waals surface area contributed by atoms with Crippen molar-refractivity contribution in [2.24, 2.45) is 0 Å². The van der Waals surface area contributed by atoms with Crippen molar-refractivity contribution in [1.82, 2.24) is 9.88 Å². The van der Waals surface area contributed by atoms with E-state index in [-0.39, 0.29) is 0 Å². The molecule has 1 aromatic heterocycles. The Morgan fingerprint density at radius 3 is 2.85 bits per heavy atom. The fraction of sp³-hybridized carbons (Fsp3) is 0.0556. The van der Waals surface area contributed by atoms with Crippen LogP contribution in [0.3, 0.4) is 0 Å². The van der Waals surface area contributed by atoms with E-state index >= 15 is 0 Å². The van der Waals surface area contributed by atoms with Crippen LogP contribution in [0.5, 0.6) is 0 Å². The van der Waals surface area contributed by atoms with Gasteiger partial charge in [-0.2, -0.15) is 0 Å². The van der Waals surface area contributed by atoms with Gasteiger partial charge in [-0.05, 0) is 29.7 Å². The second kappa shape index (κ2) is 4.49. The van der Waals surface area contributed by atoms with Gasteiger partial charge < -0.3 is 4.90 Å². The zero-order valence-electron chi connectivity index (χ0n) is 11.0. The molecule has 2 aliphatic heterocycles. The first-order valence-corrected chi connectivity index (χ1v) is 6.79. The first kappa shape index (κ1) is 11.2. The number of benzene rings is 1. The van der Waals surface area contributed by atoms with E-state index in [2.05, 4.69) is 70.7 Å². The summed E-state index contributed by atoms with van der Waals surface area (Å²) < 4.78 is 0. The van der Waals surface area contributed by atoms with Crippen LogP contribution in [0.4, 0.5) is 0 Å². The van der Waals surface area contributed by atoms with E-state index in [1.165, 1.54) is 22.0 Å². The van der Waals surface area contributed by atoms with Crippen LogP contribution in [0.1, 0.15) is 5.69 Å². The van der Waals surface area contributed by atoms with Crippen molar-refractivity contribution in [3.05, 3.63) is 84.5 Å². The molecule has 0 saturated carbocycles. The Labute approximate surface area is 118 Å². The van der Waals surface area contributed by atoms with Crippen molar-refractivity contribution in [2.75, 3.05) is 6.54 Å². The van der Waals surface area contributed by atoms with Gasteiger partial charge >= 0.3 is 0 Å². The standard InChI is InChI=1S/C18H14N2/c1-2-7-15-13-19-17(12-14(15)6-1)16-8-5-11-20-10-4-3-9-18(16)20/h1-9,11-13H,10H2. The van der Waals surface area contributed by atoms with E-state index in [0.29, 0.717) is 0 Å².